The van der Waals surface area contributed by atoms with E-state index in [0.29, 0.717) is 32.0 Å². The lowest BCUT2D eigenvalue weighted by molar-refractivity contribution is -0.116. The quantitative estimate of drug-likeness (QED) is 0.723. The van der Waals surface area contributed by atoms with Gasteiger partial charge in [0, 0.05) is 38.3 Å². The van der Waals surface area contributed by atoms with E-state index in [9.17, 15) is 15.3 Å². The normalized spacial score (nSPS) is 13.0. The van der Waals surface area contributed by atoms with Crippen molar-refractivity contribution >= 4 is 11.6 Å². The van der Waals surface area contributed by atoms with Crippen molar-refractivity contribution < 1.29 is 4.79 Å². The lowest BCUT2D eigenvalue weighted by Crippen LogP contribution is -2.28. The van der Waals surface area contributed by atoms with Crippen LogP contribution in [-0.4, -0.2) is 35.3 Å². The predicted molar refractivity (Wildman–Crippen MR) is 121 cm³/mol. The maximum Gasteiger partial charge on any atom is 0.226 e. The highest BCUT2D eigenvalue weighted by Gasteiger charge is 2.28. The van der Waals surface area contributed by atoms with Gasteiger partial charge in [0.15, 0.2) is 5.57 Å². The number of hydrogen-bond acceptors (Lipinski definition) is 5. The second kappa shape index (κ2) is 9.82. The fraction of sp³-hybridized carbons (Fsp3) is 0.320. The highest BCUT2D eigenvalue weighted by atomic mass is 16.1. The number of nitrogens with zero attached hydrogens (tertiary/aromatic N) is 4. The van der Waals surface area contributed by atoms with Gasteiger partial charge in [-0.25, -0.2) is 0 Å². The van der Waals surface area contributed by atoms with Crippen molar-refractivity contribution in [2.24, 2.45) is 0 Å². The first-order valence-electron chi connectivity index (χ1n) is 10.4. The topological polar surface area (TPSA) is 83.2 Å². The molecule has 1 heterocycles. The molecule has 1 aliphatic heterocycles. The number of aryl methyl sites for hydroxylation is 3. The molecule has 0 atom stereocenters. The number of allylic oxidation sites excluding steroid dienone is 1. The molecule has 1 saturated heterocycles. The van der Waals surface area contributed by atoms with Crippen LogP contribution in [0.1, 0.15) is 28.7 Å². The lowest BCUT2D eigenvalue weighted by atomic mass is 10.1. The second-order valence-electron chi connectivity index (χ2n) is 7.99. The molecule has 2 aromatic carbocycles. The molecule has 0 unspecified atom stereocenters. The fourth-order valence-corrected chi connectivity index (χ4v) is 4.03. The predicted octanol–water partition coefficient (Wildman–Crippen LogP) is 4.02. The van der Waals surface area contributed by atoms with Crippen LogP contribution in [0.5, 0.6) is 0 Å². The van der Waals surface area contributed by atoms with Gasteiger partial charge in [-0.1, -0.05) is 41.5 Å². The Balaban J connectivity index is 1.71. The van der Waals surface area contributed by atoms with Crippen molar-refractivity contribution in [2.75, 3.05) is 25.0 Å². The molecule has 158 valence electrons. The zero-order valence-electron chi connectivity index (χ0n) is 18.3. The molecule has 6 heteroatoms. The largest absolute Gasteiger partial charge is 0.354 e. The molecule has 1 fully saturated rings. The van der Waals surface area contributed by atoms with E-state index in [0.717, 1.165) is 16.8 Å². The van der Waals surface area contributed by atoms with Crippen LogP contribution < -0.4 is 5.32 Å². The van der Waals surface area contributed by atoms with E-state index in [1.54, 1.807) is 0 Å². The zero-order chi connectivity index (χ0) is 22.4. The van der Waals surface area contributed by atoms with Gasteiger partial charge in [-0.2, -0.15) is 10.5 Å². The minimum absolute atomic E-state index is 0.0842. The Hall–Kier alpha value is -3.77. The summed E-state index contributed by atoms with van der Waals surface area (Å²) in [6.45, 7) is 8.55. The SMILES string of the molecule is Cc1cc(C)cc(CN2CCN(CCC(=O)Nc3cccc(C)c3)C2=C(C#N)C#N)c1. The molecule has 0 aliphatic carbocycles. The van der Waals surface area contributed by atoms with Gasteiger partial charge in [-0.15, -0.1) is 0 Å². The first-order valence-corrected chi connectivity index (χ1v) is 10.4. The van der Waals surface area contributed by atoms with Gasteiger partial charge in [0.25, 0.3) is 0 Å². The molecule has 0 spiro atoms. The molecule has 2 aromatic rings. The van der Waals surface area contributed by atoms with Crippen molar-refractivity contribution in [3.8, 4) is 12.1 Å². The van der Waals surface area contributed by atoms with Gasteiger partial charge in [0.2, 0.25) is 5.91 Å². The van der Waals surface area contributed by atoms with Crippen molar-refractivity contribution in [2.45, 2.75) is 33.7 Å². The van der Waals surface area contributed by atoms with E-state index in [1.165, 1.54) is 11.1 Å². The van der Waals surface area contributed by atoms with Gasteiger partial charge in [0.1, 0.15) is 18.0 Å². The summed E-state index contributed by atoms with van der Waals surface area (Å²) in [4.78, 5) is 16.5. The third-order valence-electron chi connectivity index (χ3n) is 5.25. The van der Waals surface area contributed by atoms with E-state index < -0.39 is 0 Å². The monoisotopic (exact) mass is 413 g/mol. The van der Waals surface area contributed by atoms with Gasteiger partial charge < -0.3 is 15.1 Å². The van der Waals surface area contributed by atoms with Crippen LogP contribution in [0.25, 0.3) is 0 Å². The minimum Gasteiger partial charge on any atom is -0.354 e. The molecular weight excluding hydrogens is 386 g/mol. The van der Waals surface area contributed by atoms with Crippen LogP contribution in [-0.2, 0) is 11.3 Å². The molecule has 3 rings (SSSR count). The van der Waals surface area contributed by atoms with Crippen LogP contribution in [0.15, 0.2) is 53.9 Å². The molecule has 1 aliphatic rings. The van der Waals surface area contributed by atoms with Gasteiger partial charge in [-0.05, 0) is 44.0 Å². The summed E-state index contributed by atoms with van der Waals surface area (Å²) in [6.07, 6.45) is 0.277. The molecule has 1 N–H and O–H groups in total. The highest BCUT2D eigenvalue weighted by molar-refractivity contribution is 5.90. The van der Waals surface area contributed by atoms with Gasteiger partial charge >= 0.3 is 0 Å². The summed E-state index contributed by atoms with van der Waals surface area (Å²) in [6, 6.07) is 18.1. The fourth-order valence-electron chi connectivity index (χ4n) is 4.03. The van der Waals surface area contributed by atoms with Crippen molar-refractivity contribution in [3.63, 3.8) is 0 Å². The van der Waals surface area contributed by atoms with E-state index in [4.69, 9.17) is 0 Å². The molecule has 1 amide bonds. The number of hydrogen-bond donors (Lipinski definition) is 1. The Labute approximate surface area is 184 Å². The van der Waals surface area contributed by atoms with Gasteiger partial charge in [0.05, 0.1) is 0 Å². The zero-order valence-corrected chi connectivity index (χ0v) is 18.3. The minimum atomic E-state index is -0.0897. The summed E-state index contributed by atoms with van der Waals surface area (Å²) in [5, 5.41) is 21.9. The van der Waals surface area contributed by atoms with Crippen molar-refractivity contribution in [3.05, 3.63) is 76.1 Å². The van der Waals surface area contributed by atoms with Crippen LogP contribution in [0.4, 0.5) is 5.69 Å². The number of rotatable bonds is 6. The Kier molecular flexibility index (Phi) is 6.95. The molecule has 0 radical (unpaired) electrons. The average Bonchev–Trinajstić information content (AvgIpc) is 3.09. The van der Waals surface area contributed by atoms with Crippen LogP contribution >= 0.6 is 0 Å². The van der Waals surface area contributed by atoms with Crippen molar-refractivity contribution in [1.82, 2.24) is 9.80 Å². The Bertz CT molecular complexity index is 1050. The highest BCUT2D eigenvalue weighted by Crippen LogP contribution is 2.25. The number of nitrogens with one attached hydrogen (secondary N) is 1. The van der Waals surface area contributed by atoms with E-state index >= 15 is 0 Å². The maximum absolute atomic E-state index is 12.4. The standard InChI is InChI=1S/C25H27N5O/c1-18-5-4-6-23(14-18)28-24(31)7-8-29-9-10-30(25(29)22(15-26)16-27)17-21-12-19(2)11-20(3)13-21/h4-6,11-14H,7-10,17H2,1-3H3,(H,28,31). The Morgan fingerprint density at radius 2 is 1.65 bits per heavy atom. The number of amides is 1. The summed E-state index contributed by atoms with van der Waals surface area (Å²) < 4.78 is 0. The molecule has 0 bridgehead atoms. The molecule has 6 nitrogen and oxygen atoms in total. The molecular formula is C25H27N5O. The first kappa shape index (κ1) is 21.9. The summed E-state index contributed by atoms with van der Waals surface area (Å²) in [5.74, 6) is 0.528. The number of nitriles is 2. The lowest BCUT2D eigenvalue weighted by Gasteiger charge is -2.25. The molecule has 0 saturated carbocycles. The van der Waals surface area contributed by atoms with Crippen LogP contribution in [0.3, 0.4) is 0 Å². The molecule has 31 heavy (non-hydrogen) atoms. The van der Waals surface area contributed by atoms with E-state index in [2.05, 4.69) is 42.3 Å². The van der Waals surface area contributed by atoms with Crippen LogP contribution in [0, 0.1) is 43.4 Å². The third-order valence-corrected chi connectivity index (χ3v) is 5.25. The number of anilines is 1. The third kappa shape index (κ3) is 5.65. The summed E-state index contributed by atoms with van der Waals surface area (Å²) in [7, 11) is 0. The summed E-state index contributed by atoms with van der Waals surface area (Å²) >= 11 is 0. The average molecular weight is 414 g/mol. The molecule has 0 aromatic heterocycles. The van der Waals surface area contributed by atoms with E-state index in [1.807, 2.05) is 48.2 Å². The smallest absolute Gasteiger partial charge is 0.226 e. The van der Waals surface area contributed by atoms with Crippen molar-refractivity contribution in [1.29, 1.82) is 10.5 Å². The second-order valence-corrected chi connectivity index (χ2v) is 7.99. The number of carbonyl (C=O) groups is 1. The summed E-state index contributed by atoms with van der Waals surface area (Å²) in [5.41, 5.74) is 5.45. The van der Waals surface area contributed by atoms with Gasteiger partial charge in [-0.3, -0.25) is 4.79 Å². The Morgan fingerprint density at radius 3 is 2.29 bits per heavy atom. The Morgan fingerprint density at radius 1 is 0.968 bits per heavy atom. The first-order chi connectivity index (χ1) is 14.9. The van der Waals surface area contributed by atoms with Crippen LogP contribution in [0.2, 0.25) is 0 Å². The maximum atomic E-state index is 12.4. The number of benzene rings is 2. The van der Waals surface area contributed by atoms with E-state index in [-0.39, 0.29) is 17.9 Å². The number of carbonyl (C=O) groups excluding carboxylic acids is 1.